The summed E-state index contributed by atoms with van der Waals surface area (Å²) >= 11 is 0. The molecule has 0 amide bonds. The summed E-state index contributed by atoms with van der Waals surface area (Å²) in [5.74, 6) is 0. The molecule has 0 bridgehead atoms. The molecule has 0 unspecified atom stereocenters. The van der Waals surface area contributed by atoms with Gasteiger partial charge in [-0.3, -0.25) is 0 Å². The Morgan fingerprint density at radius 1 is 1.23 bits per heavy atom. The SMILES string of the molecule is CCC.Cc1cccc2ccnn12. The van der Waals surface area contributed by atoms with Crippen LogP contribution in [0.4, 0.5) is 0 Å². The second-order valence-corrected chi connectivity index (χ2v) is 3.04. The monoisotopic (exact) mass is 176 g/mol. The molecule has 0 aliphatic carbocycles. The number of aryl methyl sites for hydroxylation is 1. The van der Waals surface area contributed by atoms with E-state index in [0.29, 0.717) is 0 Å². The standard InChI is InChI=1S/C8H8N2.C3H8/c1-7-3-2-4-8-5-6-9-10(7)8;1-3-2/h2-6H,1H3;3H2,1-2H3. The van der Waals surface area contributed by atoms with Crippen LogP contribution in [-0.2, 0) is 0 Å². The molecule has 2 nitrogen and oxygen atoms in total. The van der Waals surface area contributed by atoms with Gasteiger partial charge in [-0.15, -0.1) is 0 Å². The highest BCUT2D eigenvalue weighted by Crippen LogP contribution is 2.03. The van der Waals surface area contributed by atoms with Crippen molar-refractivity contribution in [2.45, 2.75) is 27.2 Å². The van der Waals surface area contributed by atoms with Gasteiger partial charge >= 0.3 is 0 Å². The van der Waals surface area contributed by atoms with E-state index in [2.05, 4.69) is 18.9 Å². The average molecular weight is 176 g/mol. The van der Waals surface area contributed by atoms with Gasteiger partial charge in [0, 0.05) is 11.9 Å². The summed E-state index contributed by atoms with van der Waals surface area (Å²) in [6.45, 7) is 6.29. The molecule has 13 heavy (non-hydrogen) atoms. The van der Waals surface area contributed by atoms with Crippen LogP contribution in [0.3, 0.4) is 0 Å². The minimum Gasteiger partial charge on any atom is -0.238 e. The van der Waals surface area contributed by atoms with E-state index in [9.17, 15) is 0 Å². The van der Waals surface area contributed by atoms with Crippen LogP contribution < -0.4 is 0 Å². The van der Waals surface area contributed by atoms with Crippen LogP contribution in [0.1, 0.15) is 26.0 Å². The number of fused-ring (bicyclic) bond motifs is 1. The Morgan fingerprint density at radius 3 is 2.54 bits per heavy atom. The van der Waals surface area contributed by atoms with Gasteiger partial charge in [0.15, 0.2) is 0 Å². The van der Waals surface area contributed by atoms with Crippen LogP contribution in [-0.4, -0.2) is 9.61 Å². The maximum atomic E-state index is 4.13. The van der Waals surface area contributed by atoms with Gasteiger partial charge in [0.2, 0.25) is 0 Å². The predicted octanol–water partition coefficient (Wildman–Crippen LogP) is 3.06. The van der Waals surface area contributed by atoms with Gasteiger partial charge in [-0.1, -0.05) is 26.3 Å². The summed E-state index contributed by atoms with van der Waals surface area (Å²) in [5.41, 5.74) is 2.32. The fourth-order valence-corrected chi connectivity index (χ4v) is 1.09. The van der Waals surface area contributed by atoms with E-state index >= 15 is 0 Å². The first-order chi connectivity index (χ1) is 6.29. The Balaban J connectivity index is 0.000000251. The van der Waals surface area contributed by atoms with Crippen molar-refractivity contribution < 1.29 is 0 Å². The van der Waals surface area contributed by atoms with Crippen molar-refractivity contribution in [1.29, 1.82) is 0 Å². The molecule has 0 aliphatic rings. The molecule has 0 saturated heterocycles. The molecule has 0 atom stereocenters. The second-order valence-electron chi connectivity index (χ2n) is 3.04. The number of aromatic nitrogens is 2. The molecule has 0 spiro atoms. The third-order valence-corrected chi connectivity index (χ3v) is 1.61. The Bertz CT molecular complexity index is 363. The summed E-state index contributed by atoms with van der Waals surface area (Å²) in [4.78, 5) is 0. The van der Waals surface area contributed by atoms with Crippen LogP contribution >= 0.6 is 0 Å². The Hall–Kier alpha value is -1.31. The summed E-state index contributed by atoms with van der Waals surface area (Å²) in [5, 5.41) is 4.13. The number of hydrogen-bond donors (Lipinski definition) is 0. The maximum absolute atomic E-state index is 4.13. The Kier molecular flexibility index (Phi) is 3.50. The quantitative estimate of drug-likeness (QED) is 0.603. The average Bonchev–Trinajstić information content (AvgIpc) is 2.54. The lowest BCUT2D eigenvalue weighted by Crippen LogP contribution is -1.90. The van der Waals surface area contributed by atoms with Crippen LogP contribution in [0, 0.1) is 6.92 Å². The van der Waals surface area contributed by atoms with Crippen molar-refractivity contribution in [2.24, 2.45) is 0 Å². The predicted molar refractivity (Wildman–Crippen MR) is 55.9 cm³/mol. The zero-order valence-corrected chi connectivity index (χ0v) is 8.49. The van der Waals surface area contributed by atoms with Crippen molar-refractivity contribution in [2.75, 3.05) is 0 Å². The summed E-state index contributed by atoms with van der Waals surface area (Å²) in [6, 6.07) is 8.11. The molecule has 0 N–H and O–H groups in total. The number of pyridine rings is 1. The first kappa shape index (κ1) is 9.78. The Morgan fingerprint density at radius 2 is 1.92 bits per heavy atom. The zero-order valence-electron chi connectivity index (χ0n) is 8.49. The van der Waals surface area contributed by atoms with E-state index in [0.717, 1.165) is 5.52 Å². The lowest BCUT2D eigenvalue weighted by atomic mass is 10.3. The van der Waals surface area contributed by atoms with Gasteiger partial charge in [0.05, 0.1) is 5.52 Å². The zero-order chi connectivity index (χ0) is 9.68. The van der Waals surface area contributed by atoms with Crippen molar-refractivity contribution in [1.82, 2.24) is 9.61 Å². The lowest BCUT2D eigenvalue weighted by molar-refractivity contribution is 0.915. The minimum absolute atomic E-state index is 1.15. The largest absolute Gasteiger partial charge is 0.238 e. The number of rotatable bonds is 0. The van der Waals surface area contributed by atoms with Crippen LogP contribution in [0.15, 0.2) is 30.5 Å². The molecule has 2 heterocycles. The molecule has 2 rings (SSSR count). The highest BCUT2D eigenvalue weighted by atomic mass is 15.2. The van der Waals surface area contributed by atoms with Gasteiger partial charge in [-0.05, 0) is 25.1 Å². The molecular formula is C11H16N2. The van der Waals surface area contributed by atoms with Gasteiger partial charge in [-0.2, -0.15) is 5.10 Å². The third kappa shape index (κ3) is 2.31. The second kappa shape index (κ2) is 4.65. The number of nitrogens with zero attached hydrogens (tertiary/aromatic N) is 2. The number of hydrogen-bond acceptors (Lipinski definition) is 1. The topological polar surface area (TPSA) is 17.3 Å². The van der Waals surface area contributed by atoms with E-state index in [1.165, 1.54) is 12.1 Å². The smallest absolute Gasteiger partial charge is 0.0664 e. The van der Waals surface area contributed by atoms with Gasteiger partial charge in [0.25, 0.3) is 0 Å². The normalized spacial score (nSPS) is 9.46. The first-order valence-corrected chi connectivity index (χ1v) is 4.69. The van der Waals surface area contributed by atoms with Gasteiger partial charge in [-0.25, -0.2) is 4.52 Å². The summed E-state index contributed by atoms with van der Waals surface area (Å²) in [7, 11) is 0. The highest BCUT2D eigenvalue weighted by Gasteiger charge is 1.92. The molecule has 2 heteroatoms. The van der Waals surface area contributed by atoms with Crippen molar-refractivity contribution in [3.63, 3.8) is 0 Å². The lowest BCUT2D eigenvalue weighted by Gasteiger charge is -1.95. The first-order valence-electron chi connectivity index (χ1n) is 4.69. The van der Waals surface area contributed by atoms with E-state index in [1.54, 1.807) is 0 Å². The molecule has 0 fully saturated rings. The van der Waals surface area contributed by atoms with E-state index in [1.807, 2.05) is 41.9 Å². The summed E-state index contributed by atoms with van der Waals surface area (Å²) < 4.78 is 1.92. The molecule has 0 saturated carbocycles. The third-order valence-electron chi connectivity index (χ3n) is 1.61. The highest BCUT2D eigenvalue weighted by molar-refractivity contribution is 5.45. The molecule has 70 valence electrons. The molecule has 0 aromatic carbocycles. The Labute approximate surface area is 79.2 Å². The van der Waals surface area contributed by atoms with Crippen molar-refractivity contribution in [3.05, 3.63) is 36.2 Å². The van der Waals surface area contributed by atoms with E-state index < -0.39 is 0 Å². The molecule has 2 aromatic heterocycles. The minimum atomic E-state index is 1.15. The van der Waals surface area contributed by atoms with E-state index in [-0.39, 0.29) is 0 Å². The molecular weight excluding hydrogens is 160 g/mol. The van der Waals surface area contributed by atoms with Crippen molar-refractivity contribution in [3.8, 4) is 0 Å². The van der Waals surface area contributed by atoms with Gasteiger partial charge < -0.3 is 0 Å². The van der Waals surface area contributed by atoms with E-state index in [4.69, 9.17) is 0 Å². The molecule has 0 aliphatic heterocycles. The maximum Gasteiger partial charge on any atom is 0.0664 e. The van der Waals surface area contributed by atoms with Gasteiger partial charge in [0.1, 0.15) is 0 Å². The fraction of sp³-hybridized carbons (Fsp3) is 0.364. The van der Waals surface area contributed by atoms with Crippen LogP contribution in [0.5, 0.6) is 0 Å². The summed E-state index contributed by atoms with van der Waals surface area (Å²) in [6.07, 6.45) is 3.06. The van der Waals surface area contributed by atoms with Crippen LogP contribution in [0.25, 0.3) is 5.52 Å². The fourth-order valence-electron chi connectivity index (χ4n) is 1.09. The molecule has 2 aromatic rings. The van der Waals surface area contributed by atoms with Crippen LogP contribution in [0.2, 0.25) is 0 Å². The van der Waals surface area contributed by atoms with Crippen molar-refractivity contribution >= 4 is 5.52 Å². The molecule has 0 radical (unpaired) electrons.